The first-order valence-electron chi connectivity index (χ1n) is 6.88. The van der Waals surface area contributed by atoms with Crippen molar-refractivity contribution in [2.45, 2.75) is 6.92 Å². The highest BCUT2D eigenvalue weighted by atomic mass is 16.5. The molecule has 0 aliphatic rings. The van der Waals surface area contributed by atoms with Gasteiger partial charge in [-0.1, -0.05) is 12.1 Å². The van der Waals surface area contributed by atoms with E-state index in [1.165, 1.54) is 13.2 Å². The van der Waals surface area contributed by atoms with Gasteiger partial charge in [0.1, 0.15) is 29.0 Å². The Hall–Kier alpha value is -3.33. The average molecular weight is 307 g/mol. The van der Waals surface area contributed by atoms with E-state index in [4.69, 9.17) is 4.42 Å². The molecule has 0 aliphatic heterocycles. The Kier molecular flexibility index (Phi) is 3.69. The van der Waals surface area contributed by atoms with Crippen LogP contribution in [0.25, 0.3) is 22.7 Å². The number of H-pyrrole nitrogens is 1. The van der Waals surface area contributed by atoms with E-state index in [-0.39, 0.29) is 0 Å². The molecule has 0 unspecified atom stereocenters. The molecule has 1 N–H and O–H groups in total. The maximum Gasteiger partial charge on any atom is 0.341 e. The highest BCUT2D eigenvalue weighted by Gasteiger charge is 2.15. The van der Waals surface area contributed by atoms with E-state index in [9.17, 15) is 10.1 Å². The number of aryl methyl sites for hydroxylation is 1. The second-order valence-corrected chi connectivity index (χ2v) is 4.88. The van der Waals surface area contributed by atoms with Crippen LogP contribution in [-0.4, -0.2) is 23.0 Å². The Labute approximate surface area is 132 Å². The molecule has 0 spiro atoms. The highest BCUT2D eigenvalue weighted by molar-refractivity contribution is 5.93. The fourth-order valence-corrected chi connectivity index (χ4v) is 2.27. The van der Waals surface area contributed by atoms with Crippen molar-refractivity contribution < 1.29 is 13.9 Å². The topological polar surface area (TPSA) is 91.9 Å². The molecule has 0 saturated carbocycles. The number of aromatic nitrogens is 2. The van der Waals surface area contributed by atoms with Crippen molar-refractivity contribution in [2.24, 2.45) is 0 Å². The summed E-state index contributed by atoms with van der Waals surface area (Å²) < 4.78 is 10.2. The average Bonchev–Trinajstić information content (AvgIpc) is 3.15. The third-order valence-corrected chi connectivity index (χ3v) is 3.39. The lowest BCUT2D eigenvalue weighted by atomic mass is 10.2. The van der Waals surface area contributed by atoms with Crippen LogP contribution >= 0.6 is 0 Å². The minimum absolute atomic E-state index is 0.311. The molecule has 0 atom stereocenters. The molecule has 0 aliphatic carbocycles. The number of allylic oxidation sites excluding steroid dienone is 1. The molecule has 0 radical (unpaired) electrons. The Morgan fingerprint density at radius 1 is 1.43 bits per heavy atom. The minimum atomic E-state index is -0.479. The number of rotatable bonds is 3. The number of ether oxygens (including phenoxy) is 1. The summed E-state index contributed by atoms with van der Waals surface area (Å²) in [7, 11) is 1.30. The van der Waals surface area contributed by atoms with Gasteiger partial charge < -0.3 is 14.1 Å². The number of nitrogens with zero attached hydrogens (tertiary/aromatic N) is 2. The van der Waals surface area contributed by atoms with Gasteiger partial charge in [0.15, 0.2) is 0 Å². The fourth-order valence-electron chi connectivity index (χ4n) is 2.27. The number of carbonyl (C=O) groups excluding carboxylic acids is 1. The zero-order valence-corrected chi connectivity index (χ0v) is 12.6. The van der Waals surface area contributed by atoms with Gasteiger partial charge in [0, 0.05) is 6.08 Å². The van der Waals surface area contributed by atoms with E-state index >= 15 is 0 Å². The number of methoxy groups -OCH3 is 1. The third-order valence-electron chi connectivity index (χ3n) is 3.39. The standard InChI is InChI=1S/C17H13N3O3/c1-10-13(17(21)22-2)8-12(23-10)7-11(9-18)16-19-14-5-3-4-6-15(14)20-16/h3-8H,1-2H3,(H,19,20)/b11-7+. The zero-order chi connectivity index (χ0) is 16.4. The SMILES string of the molecule is COC(=O)c1cc(/C=C(\C#N)c2nc3ccccc3[nH]2)oc1C. The normalized spacial score (nSPS) is 11.4. The summed E-state index contributed by atoms with van der Waals surface area (Å²) in [5.74, 6) is 0.792. The van der Waals surface area contributed by atoms with Crippen LogP contribution in [0, 0.1) is 18.3 Å². The fraction of sp³-hybridized carbons (Fsp3) is 0.118. The number of nitriles is 1. The first-order valence-corrected chi connectivity index (χ1v) is 6.88. The smallest absolute Gasteiger partial charge is 0.341 e. The van der Waals surface area contributed by atoms with Crippen LogP contribution in [0.2, 0.25) is 0 Å². The number of nitrogens with one attached hydrogen (secondary N) is 1. The lowest BCUT2D eigenvalue weighted by molar-refractivity contribution is 0.0599. The molecule has 2 heterocycles. The maximum atomic E-state index is 11.6. The number of aromatic amines is 1. The summed E-state index contributed by atoms with van der Waals surface area (Å²) in [5.41, 5.74) is 2.26. The van der Waals surface area contributed by atoms with Gasteiger partial charge in [0.2, 0.25) is 0 Å². The van der Waals surface area contributed by atoms with Gasteiger partial charge in [-0.2, -0.15) is 5.26 Å². The number of fused-ring (bicyclic) bond motifs is 1. The first-order chi connectivity index (χ1) is 11.1. The number of carbonyl (C=O) groups is 1. The van der Waals surface area contributed by atoms with Crippen molar-refractivity contribution in [1.82, 2.24) is 9.97 Å². The third kappa shape index (κ3) is 2.72. The van der Waals surface area contributed by atoms with Gasteiger partial charge >= 0.3 is 5.97 Å². The van der Waals surface area contributed by atoms with Crippen LogP contribution in [0.3, 0.4) is 0 Å². The molecule has 3 rings (SSSR count). The Morgan fingerprint density at radius 2 is 2.22 bits per heavy atom. The number of para-hydroxylation sites is 2. The molecule has 0 saturated heterocycles. The molecular formula is C17H13N3O3. The van der Waals surface area contributed by atoms with Gasteiger partial charge in [-0.05, 0) is 25.1 Å². The van der Waals surface area contributed by atoms with Crippen LogP contribution in [0.15, 0.2) is 34.7 Å². The lowest BCUT2D eigenvalue weighted by Crippen LogP contribution is -2.00. The minimum Gasteiger partial charge on any atom is -0.465 e. The Bertz CT molecular complexity index is 924. The summed E-state index contributed by atoms with van der Waals surface area (Å²) in [6.07, 6.45) is 1.54. The molecule has 6 heteroatoms. The van der Waals surface area contributed by atoms with Crippen LogP contribution in [0.5, 0.6) is 0 Å². The van der Waals surface area contributed by atoms with Gasteiger partial charge in [0.25, 0.3) is 0 Å². The van der Waals surface area contributed by atoms with Crippen LogP contribution in [-0.2, 0) is 4.74 Å². The van der Waals surface area contributed by atoms with Crippen molar-refractivity contribution >= 4 is 28.7 Å². The molecule has 0 amide bonds. The zero-order valence-electron chi connectivity index (χ0n) is 12.6. The van der Waals surface area contributed by atoms with Crippen molar-refractivity contribution in [3.63, 3.8) is 0 Å². The summed E-state index contributed by atoms with van der Waals surface area (Å²) in [6.45, 7) is 1.66. The number of benzene rings is 1. The summed E-state index contributed by atoms with van der Waals surface area (Å²) >= 11 is 0. The number of hydrogen-bond acceptors (Lipinski definition) is 5. The van der Waals surface area contributed by atoms with E-state index in [2.05, 4.69) is 20.8 Å². The predicted octanol–water partition coefficient (Wildman–Crippen LogP) is 3.32. The van der Waals surface area contributed by atoms with Crippen molar-refractivity contribution in [3.05, 3.63) is 53.2 Å². The van der Waals surface area contributed by atoms with Gasteiger partial charge in [0.05, 0.1) is 23.7 Å². The molecule has 2 aromatic heterocycles. The molecule has 1 aromatic carbocycles. The predicted molar refractivity (Wildman–Crippen MR) is 84.4 cm³/mol. The maximum absolute atomic E-state index is 11.6. The van der Waals surface area contributed by atoms with Crippen molar-refractivity contribution in [3.8, 4) is 6.07 Å². The van der Waals surface area contributed by atoms with Crippen LogP contribution < -0.4 is 0 Å². The molecule has 23 heavy (non-hydrogen) atoms. The van der Waals surface area contributed by atoms with Gasteiger partial charge in [-0.25, -0.2) is 9.78 Å². The molecule has 0 bridgehead atoms. The second kappa shape index (κ2) is 5.81. The first kappa shape index (κ1) is 14.6. The van der Waals surface area contributed by atoms with E-state index in [0.717, 1.165) is 11.0 Å². The number of furan rings is 1. The second-order valence-electron chi connectivity index (χ2n) is 4.88. The molecule has 6 nitrogen and oxygen atoms in total. The summed E-state index contributed by atoms with van der Waals surface area (Å²) in [6, 6.07) is 11.1. The quantitative estimate of drug-likeness (QED) is 0.592. The molecule has 114 valence electrons. The number of hydrogen-bond donors (Lipinski definition) is 1. The van der Waals surface area contributed by atoms with Crippen molar-refractivity contribution in [1.29, 1.82) is 5.26 Å². The van der Waals surface area contributed by atoms with Gasteiger partial charge in [-0.15, -0.1) is 0 Å². The Morgan fingerprint density at radius 3 is 2.91 bits per heavy atom. The van der Waals surface area contributed by atoms with E-state index in [0.29, 0.717) is 28.5 Å². The highest BCUT2D eigenvalue weighted by Crippen LogP contribution is 2.22. The molecule has 3 aromatic rings. The molecule has 0 fully saturated rings. The molecular weight excluding hydrogens is 294 g/mol. The summed E-state index contributed by atoms with van der Waals surface area (Å²) in [5, 5.41) is 9.39. The van der Waals surface area contributed by atoms with Crippen LogP contribution in [0.4, 0.5) is 0 Å². The van der Waals surface area contributed by atoms with Crippen LogP contribution in [0.1, 0.15) is 27.7 Å². The monoisotopic (exact) mass is 307 g/mol. The summed E-state index contributed by atoms with van der Waals surface area (Å²) in [4.78, 5) is 19.1. The lowest BCUT2D eigenvalue weighted by Gasteiger charge is -1.93. The van der Waals surface area contributed by atoms with E-state index < -0.39 is 5.97 Å². The van der Waals surface area contributed by atoms with Gasteiger partial charge in [-0.3, -0.25) is 0 Å². The largest absolute Gasteiger partial charge is 0.465 e. The Balaban J connectivity index is 2.02. The number of imidazole rings is 1. The van der Waals surface area contributed by atoms with E-state index in [1.54, 1.807) is 13.0 Å². The number of esters is 1. The van der Waals surface area contributed by atoms with E-state index in [1.807, 2.05) is 24.3 Å². The van der Waals surface area contributed by atoms with Crippen molar-refractivity contribution in [2.75, 3.05) is 7.11 Å².